The lowest BCUT2D eigenvalue weighted by Gasteiger charge is -2.09. The molecule has 118 valence electrons. The summed E-state index contributed by atoms with van der Waals surface area (Å²) in [6.07, 6.45) is 0. The van der Waals surface area contributed by atoms with Gasteiger partial charge in [0.05, 0.1) is 23.8 Å². The molecule has 5 heteroatoms. The van der Waals surface area contributed by atoms with Crippen LogP contribution in [0.4, 0.5) is 0 Å². The number of benzene rings is 2. The second kappa shape index (κ2) is 8.44. The van der Waals surface area contributed by atoms with Crippen molar-refractivity contribution in [3.63, 3.8) is 0 Å². The number of esters is 1. The third-order valence-corrected chi connectivity index (χ3v) is 2.97. The maximum atomic E-state index is 11.5. The molecule has 0 heterocycles. The van der Waals surface area contributed by atoms with E-state index in [1.807, 2.05) is 0 Å². The van der Waals surface area contributed by atoms with Crippen molar-refractivity contribution >= 4 is 5.97 Å². The molecule has 0 unspecified atom stereocenters. The van der Waals surface area contributed by atoms with Gasteiger partial charge in [-0.2, -0.15) is 5.26 Å². The van der Waals surface area contributed by atoms with Crippen molar-refractivity contribution in [3.8, 4) is 17.6 Å². The lowest BCUT2D eigenvalue weighted by molar-refractivity contribution is 0.0526. The van der Waals surface area contributed by atoms with Crippen LogP contribution >= 0.6 is 0 Å². The smallest absolute Gasteiger partial charge is 0.338 e. The summed E-state index contributed by atoms with van der Waals surface area (Å²) >= 11 is 0. The molecule has 0 fully saturated rings. The zero-order chi connectivity index (χ0) is 16.5. The highest BCUT2D eigenvalue weighted by Gasteiger charge is 2.05. The molecule has 5 nitrogen and oxygen atoms in total. The summed E-state index contributed by atoms with van der Waals surface area (Å²) in [4.78, 5) is 11.5. The molecule has 0 aromatic heterocycles. The first-order valence-electron chi connectivity index (χ1n) is 7.26. The Morgan fingerprint density at radius 2 is 1.48 bits per heavy atom. The molecule has 2 aromatic rings. The van der Waals surface area contributed by atoms with E-state index in [0.717, 1.165) is 0 Å². The van der Waals surface area contributed by atoms with E-state index in [4.69, 9.17) is 19.5 Å². The summed E-state index contributed by atoms with van der Waals surface area (Å²) in [6.45, 7) is 2.87. The van der Waals surface area contributed by atoms with E-state index >= 15 is 0 Å². The van der Waals surface area contributed by atoms with Crippen LogP contribution in [0.2, 0.25) is 0 Å². The maximum absolute atomic E-state index is 11.5. The van der Waals surface area contributed by atoms with E-state index in [9.17, 15) is 4.79 Å². The molecule has 0 aliphatic carbocycles. The molecule has 0 aliphatic rings. The number of nitrogens with zero attached hydrogens (tertiary/aromatic N) is 1. The van der Waals surface area contributed by atoms with Gasteiger partial charge in [-0.15, -0.1) is 0 Å². The van der Waals surface area contributed by atoms with Crippen LogP contribution in [0.3, 0.4) is 0 Å². The fraction of sp³-hybridized carbons (Fsp3) is 0.222. The Labute approximate surface area is 135 Å². The van der Waals surface area contributed by atoms with E-state index in [2.05, 4.69) is 6.07 Å². The summed E-state index contributed by atoms with van der Waals surface area (Å²) in [5, 5.41) is 8.71. The summed E-state index contributed by atoms with van der Waals surface area (Å²) in [6, 6.07) is 15.7. The lowest BCUT2D eigenvalue weighted by Crippen LogP contribution is -2.09. The monoisotopic (exact) mass is 311 g/mol. The standard InChI is InChI=1S/C18H17NO4/c1-2-21-18(20)15-5-9-17(10-6-15)23-12-11-22-16-7-3-14(13-19)4-8-16/h3-10H,2,11-12H2,1H3. The van der Waals surface area contributed by atoms with Gasteiger partial charge in [-0.1, -0.05) is 0 Å². The minimum absolute atomic E-state index is 0.344. The van der Waals surface area contributed by atoms with Crippen molar-refractivity contribution in [3.05, 3.63) is 59.7 Å². The van der Waals surface area contributed by atoms with Crippen LogP contribution < -0.4 is 9.47 Å². The number of ether oxygens (including phenoxy) is 3. The van der Waals surface area contributed by atoms with Crippen molar-refractivity contribution in [2.24, 2.45) is 0 Å². The number of nitriles is 1. The zero-order valence-electron chi connectivity index (χ0n) is 12.8. The van der Waals surface area contributed by atoms with Crippen LogP contribution in [0.25, 0.3) is 0 Å². The highest BCUT2D eigenvalue weighted by atomic mass is 16.5. The van der Waals surface area contributed by atoms with E-state index in [1.54, 1.807) is 55.5 Å². The summed E-state index contributed by atoms with van der Waals surface area (Å²) in [7, 11) is 0. The number of rotatable bonds is 7. The fourth-order valence-corrected chi connectivity index (χ4v) is 1.85. The Balaban J connectivity index is 1.75. The van der Waals surface area contributed by atoms with Crippen molar-refractivity contribution in [2.45, 2.75) is 6.92 Å². The van der Waals surface area contributed by atoms with Crippen LogP contribution in [-0.2, 0) is 4.74 Å². The Morgan fingerprint density at radius 1 is 0.957 bits per heavy atom. The van der Waals surface area contributed by atoms with Gasteiger partial charge in [-0.05, 0) is 55.5 Å². The maximum Gasteiger partial charge on any atom is 0.338 e. The van der Waals surface area contributed by atoms with Gasteiger partial charge < -0.3 is 14.2 Å². The van der Waals surface area contributed by atoms with Gasteiger partial charge in [-0.25, -0.2) is 4.79 Å². The number of carbonyl (C=O) groups excluding carboxylic acids is 1. The van der Waals surface area contributed by atoms with Crippen LogP contribution in [0.1, 0.15) is 22.8 Å². The third-order valence-electron chi connectivity index (χ3n) is 2.97. The molecule has 0 amide bonds. The molecule has 0 atom stereocenters. The number of hydrogen-bond donors (Lipinski definition) is 0. The lowest BCUT2D eigenvalue weighted by atomic mass is 10.2. The van der Waals surface area contributed by atoms with Gasteiger partial charge >= 0.3 is 5.97 Å². The van der Waals surface area contributed by atoms with Crippen molar-refractivity contribution < 1.29 is 19.0 Å². The Kier molecular flexibility index (Phi) is 6.01. The first-order valence-corrected chi connectivity index (χ1v) is 7.26. The van der Waals surface area contributed by atoms with Gasteiger partial charge in [-0.3, -0.25) is 0 Å². The Bertz CT molecular complexity index is 672. The van der Waals surface area contributed by atoms with E-state index in [-0.39, 0.29) is 5.97 Å². The molecular weight excluding hydrogens is 294 g/mol. The van der Waals surface area contributed by atoms with Gasteiger partial charge in [0.2, 0.25) is 0 Å². The first-order chi connectivity index (χ1) is 11.2. The van der Waals surface area contributed by atoms with Gasteiger partial charge in [0, 0.05) is 0 Å². The quantitative estimate of drug-likeness (QED) is 0.580. The minimum atomic E-state index is -0.344. The van der Waals surface area contributed by atoms with E-state index in [0.29, 0.717) is 42.4 Å². The molecule has 23 heavy (non-hydrogen) atoms. The molecule has 0 radical (unpaired) electrons. The SMILES string of the molecule is CCOC(=O)c1ccc(OCCOc2ccc(C#N)cc2)cc1. The largest absolute Gasteiger partial charge is 0.490 e. The molecule has 0 aliphatic heterocycles. The second-order valence-electron chi connectivity index (χ2n) is 4.58. The number of carbonyl (C=O) groups is 1. The molecule has 2 aromatic carbocycles. The second-order valence-corrected chi connectivity index (χ2v) is 4.58. The van der Waals surface area contributed by atoms with Crippen LogP contribution in [0.5, 0.6) is 11.5 Å². The van der Waals surface area contributed by atoms with Crippen LogP contribution in [0.15, 0.2) is 48.5 Å². The molecule has 2 rings (SSSR count). The van der Waals surface area contributed by atoms with Crippen molar-refractivity contribution in [1.82, 2.24) is 0 Å². The highest BCUT2D eigenvalue weighted by molar-refractivity contribution is 5.89. The average molecular weight is 311 g/mol. The highest BCUT2D eigenvalue weighted by Crippen LogP contribution is 2.14. The zero-order valence-corrected chi connectivity index (χ0v) is 12.8. The van der Waals surface area contributed by atoms with E-state index in [1.165, 1.54) is 0 Å². The normalized spacial score (nSPS) is 9.74. The summed E-state index contributed by atoms with van der Waals surface area (Å²) in [5.41, 5.74) is 1.09. The molecule has 0 N–H and O–H groups in total. The Hall–Kier alpha value is -3.00. The molecule has 0 bridgehead atoms. The molecule has 0 saturated heterocycles. The molecule has 0 spiro atoms. The van der Waals surface area contributed by atoms with E-state index < -0.39 is 0 Å². The topological polar surface area (TPSA) is 68.6 Å². The van der Waals surface area contributed by atoms with Crippen LogP contribution in [0, 0.1) is 11.3 Å². The van der Waals surface area contributed by atoms with Gasteiger partial charge in [0.1, 0.15) is 24.7 Å². The third kappa shape index (κ3) is 5.04. The Morgan fingerprint density at radius 3 is 1.96 bits per heavy atom. The van der Waals surface area contributed by atoms with Gasteiger partial charge in [0.25, 0.3) is 0 Å². The summed E-state index contributed by atoms with van der Waals surface area (Å²) < 4.78 is 16.0. The van der Waals surface area contributed by atoms with Gasteiger partial charge in [0.15, 0.2) is 0 Å². The minimum Gasteiger partial charge on any atom is -0.490 e. The van der Waals surface area contributed by atoms with Crippen molar-refractivity contribution in [2.75, 3.05) is 19.8 Å². The average Bonchev–Trinajstić information content (AvgIpc) is 2.60. The van der Waals surface area contributed by atoms with Crippen molar-refractivity contribution in [1.29, 1.82) is 5.26 Å². The fourth-order valence-electron chi connectivity index (χ4n) is 1.85. The number of hydrogen-bond acceptors (Lipinski definition) is 5. The predicted molar refractivity (Wildman–Crippen MR) is 84.5 cm³/mol. The molecule has 0 saturated carbocycles. The first kappa shape index (κ1) is 16.4. The predicted octanol–water partition coefficient (Wildman–Crippen LogP) is 3.19. The van der Waals surface area contributed by atoms with Crippen LogP contribution in [-0.4, -0.2) is 25.8 Å². The summed E-state index contributed by atoms with van der Waals surface area (Å²) in [5.74, 6) is 0.995. The molecular formula is C18H17NO4.